The van der Waals surface area contributed by atoms with Gasteiger partial charge >= 0.3 is 0 Å². The van der Waals surface area contributed by atoms with Crippen LogP contribution in [0.15, 0.2) is 18.2 Å². The molecule has 0 bridgehead atoms. The fourth-order valence-corrected chi connectivity index (χ4v) is 4.71. The zero-order valence-electron chi connectivity index (χ0n) is 16.4. The molecule has 3 aliphatic rings. The Morgan fingerprint density at radius 3 is 2.57 bits per heavy atom. The lowest BCUT2D eigenvalue weighted by molar-refractivity contribution is -0.188. The minimum absolute atomic E-state index is 0.113. The Morgan fingerprint density at radius 1 is 1.14 bits per heavy atom. The monoisotopic (exact) mass is 384 g/mol. The molecule has 0 aliphatic carbocycles. The van der Waals surface area contributed by atoms with Gasteiger partial charge in [-0.25, -0.2) is 4.98 Å². The van der Waals surface area contributed by atoms with E-state index in [4.69, 9.17) is 14.5 Å². The summed E-state index contributed by atoms with van der Waals surface area (Å²) in [7, 11) is 0. The maximum atomic E-state index is 13.0. The number of piperidine rings is 2. The van der Waals surface area contributed by atoms with Gasteiger partial charge in [-0.1, -0.05) is 6.07 Å². The zero-order valence-corrected chi connectivity index (χ0v) is 16.4. The summed E-state index contributed by atoms with van der Waals surface area (Å²) < 4.78 is 11.5. The van der Waals surface area contributed by atoms with Crippen LogP contribution >= 0.6 is 0 Å². The molecule has 5 rings (SSSR count). The lowest BCUT2D eigenvalue weighted by Crippen LogP contribution is -2.50. The van der Waals surface area contributed by atoms with Gasteiger partial charge in [0.1, 0.15) is 0 Å². The van der Waals surface area contributed by atoms with Crippen LogP contribution in [-0.2, 0) is 14.3 Å². The van der Waals surface area contributed by atoms with Crippen molar-refractivity contribution in [2.45, 2.75) is 38.4 Å². The number of H-pyrrole nitrogens is 1. The lowest BCUT2D eigenvalue weighted by Gasteiger charge is -2.40. The summed E-state index contributed by atoms with van der Waals surface area (Å²) >= 11 is 0. The highest BCUT2D eigenvalue weighted by Crippen LogP contribution is 2.33. The number of aromatic amines is 1. The molecule has 0 unspecified atom stereocenters. The molecule has 0 atom stereocenters. The van der Waals surface area contributed by atoms with Crippen molar-refractivity contribution in [1.82, 2.24) is 14.9 Å². The molecule has 1 aromatic carbocycles. The van der Waals surface area contributed by atoms with E-state index in [1.807, 2.05) is 4.90 Å². The van der Waals surface area contributed by atoms with Crippen LogP contribution < -0.4 is 4.90 Å². The minimum atomic E-state index is -0.417. The third-order valence-electron chi connectivity index (χ3n) is 6.42. The van der Waals surface area contributed by atoms with Gasteiger partial charge in [-0.05, 0) is 37.5 Å². The van der Waals surface area contributed by atoms with Crippen molar-refractivity contribution in [3.8, 4) is 0 Å². The average molecular weight is 384 g/mol. The predicted molar refractivity (Wildman–Crippen MR) is 106 cm³/mol. The summed E-state index contributed by atoms with van der Waals surface area (Å²) in [6.07, 6.45) is 3.33. The number of amides is 1. The summed E-state index contributed by atoms with van der Waals surface area (Å²) in [4.78, 5) is 25.4. The van der Waals surface area contributed by atoms with Gasteiger partial charge in [0.2, 0.25) is 11.9 Å². The van der Waals surface area contributed by atoms with Crippen LogP contribution in [-0.4, -0.2) is 66.0 Å². The molecule has 150 valence electrons. The second-order valence-corrected chi connectivity index (χ2v) is 8.28. The number of aryl methyl sites for hydroxylation is 1. The number of fused-ring (bicyclic) bond motifs is 1. The topological polar surface area (TPSA) is 70.7 Å². The highest BCUT2D eigenvalue weighted by atomic mass is 16.7. The number of hydrogen-bond acceptors (Lipinski definition) is 5. The molecule has 1 amide bonds. The Hall–Kier alpha value is -2.12. The van der Waals surface area contributed by atoms with Crippen LogP contribution in [0.5, 0.6) is 0 Å². The molecule has 1 spiro atoms. The number of imidazole rings is 1. The number of aromatic nitrogens is 2. The van der Waals surface area contributed by atoms with Gasteiger partial charge in [0.05, 0.1) is 24.2 Å². The fourth-order valence-electron chi connectivity index (χ4n) is 4.71. The van der Waals surface area contributed by atoms with Crippen LogP contribution in [0.3, 0.4) is 0 Å². The van der Waals surface area contributed by atoms with Crippen LogP contribution in [0.1, 0.15) is 31.2 Å². The molecule has 0 radical (unpaired) electrons. The third-order valence-corrected chi connectivity index (χ3v) is 6.42. The second kappa shape index (κ2) is 7.04. The zero-order chi connectivity index (χ0) is 19.1. The first-order valence-corrected chi connectivity index (χ1v) is 10.4. The van der Waals surface area contributed by atoms with Gasteiger partial charge in [0.15, 0.2) is 5.79 Å². The number of nitrogens with zero attached hydrogens (tertiary/aromatic N) is 3. The van der Waals surface area contributed by atoms with Crippen molar-refractivity contribution in [3.05, 3.63) is 23.8 Å². The van der Waals surface area contributed by atoms with E-state index in [-0.39, 0.29) is 5.92 Å². The van der Waals surface area contributed by atoms with E-state index in [0.29, 0.717) is 19.1 Å². The van der Waals surface area contributed by atoms with Crippen LogP contribution in [0, 0.1) is 12.8 Å². The minimum Gasteiger partial charge on any atom is -0.347 e. The standard InChI is InChI=1S/C21H28N4O3/c1-15-2-3-17-18(14-15)23-20(22-17)25-8-4-16(5-9-25)19(26)24-10-6-21(7-11-24)27-12-13-28-21/h2-3,14,16H,4-13H2,1H3,(H,22,23). The van der Waals surface area contributed by atoms with Gasteiger partial charge < -0.3 is 24.3 Å². The molecule has 0 saturated carbocycles. The van der Waals surface area contributed by atoms with E-state index in [1.54, 1.807) is 0 Å². The number of carbonyl (C=O) groups excluding carboxylic acids is 1. The first-order valence-electron chi connectivity index (χ1n) is 10.4. The Kier molecular flexibility index (Phi) is 4.51. The van der Waals surface area contributed by atoms with Crippen molar-refractivity contribution in [3.63, 3.8) is 0 Å². The molecular weight excluding hydrogens is 356 g/mol. The van der Waals surface area contributed by atoms with Crippen molar-refractivity contribution >= 4 is 22.9 Å². The van der Waals surface area contributed by atoms with Gasteiger partial charge in [0.25, 0.3) is 0 Å². The fraction of sp³-hybridized carbons (Fsp3) is 0.619. The first-order chi connectivity index (χ1) is 13.6. The van der Waals surface area contributed by atoms with Crippen LogP contribution in [0.2, 0.25) is 0 Å². The molecule has 3 fully saturated rings. The number of carbonyl (C=O) groups is 1. The van der Waals surface area contributed by atoms with Crippen molar-refractivity contribution in [2.24, 2.45) is 5.92 Å². The number of ether oxygens (including phenoxy) is 2. The van der Waals surface area contributed by atoms with Gasteiger partial charge in [-0.3, -0.25) is 4.79 Å². The molecule has 3 aliphatic heterocycles. The highest BCUT2D eigenvalue weighted by Gasteiger charge is 2.42. The number of benzene rings is 1. The van der Waals surface area contributed by atoms with Crippen LogP contribution in [0.25, 0.3) is 11.0 Å². The highest BCUT2D eigenvalue weighted by molar-refractivity contribution is 5.80. The number of likely N-dealkylation sites (tertiary alicyclic amines) is 1. The normalized spacial score (nSPS) is 23.0. The first kappa shape index (κ1) is 17.9. The summed E-state index contributed by atoms with van der Waals surface area (Å²) in [5.74, 6) is 0.914. The Morgan fingerprint density at radius 2 is 1.86 bits per heavy atom. The van der Waals surface area contributed by atoms with E-state index in [1.165, 1.54) is 5.56 Å². The molecule has 28 heavy (non-hydrogen) atoms. The Bertz CT molecular complexity index is 856. The summed E-state index contributed by atoms with van der Waals surface area (Å²) in [6, 6.07) is 6.27. The molecule has 1 aromatic heterocycles. The quantitative estimate of drug-likeness (QED) is 0.861. The summed E-state index contributed by atoms with van der Waals surface area (Å²) in [6.45, 7) is 6.63. The molecule has 2 aromatic rings. The lowest BCUT2D eigenvalue weighted by atomic mass is 9.93. The number of rotatable bonds is 2. The molecule has 7 nitrogen and oxygen atoms in total. The predicted octanol–water partition coefficient (Wildman–Crippen LogP) is 2.45. The van der Waals surface area contributed by atoms with Crippen molar-refractivity contribution in [2.75, 3.05) is 44.3 Å². The average Bonchev–Trinajstić information content (AvgIpc) is 3.35. The maximum absolute atomic E-state index is 13.0. The van der Waals surface area contributed by atoms with E-state index < -0.39 is 5.79 Å². The van der Waals surface area contributed by atoms with Crippen molar-refractivity contribution < 1.29 is 14.3 Å². The molecular formula is C21H28N4O3. The molecule has 3 saturated heterocycles. The number of anilines is 1. The molecule has 7 heteroatoms. The van der Waals surface area contributed by atoms with Gasteiger partial charge in [0, 0.05) is 44.9 Å². The Balaban J connectivity index is 1.18. The van der Waals surface area contributed by atoms with Crippen LogP contribution in [0.4, 0.5) is 5.95 Å². The van der Waals surface area contributed by atoms with Gasteiger partial charge in [-0.2, -0.15) is 0 Å². The maximum Gasteiger partial charge on any atom is 0.225 e. The van der Waals surface area contributed by atoms with Gasteiger partial charge in [-0.15, -0.1) is 0 Å². The largest absolute Gasteiger partial charge is 0.347 e. The number of nitrogens with one attached hydrogen (secondary N) is 1. The third kappa shape index (κ3) is 3.26. The molecule has 1 N–H and O–H groups in total. The SMILES string of the molecule is Cc1ccc2nc(N3CCC(C(=O)N4CCC5(CC4)OCCO5)CC3)[nH]c2c1. The second-order valence-electron chi connectivity index (χ2n) is 8.28. The molecule has 4 heterocycles. The Labute approximate surface area is 165 Å². The van der Waals surface area contributed by atoms with E-state index >= 15 is 0 Å². The van der Waals surface area contributed by atoms with E-state index in [9.17, 15) is 4.79 Å². The van der Waals surface area contributed by atoms with E-state index in [2.05, 4.69) is 35.0 Å². The summed E-state index contributed by atoms with van der Waals surface area (Å²) in [5, 5.41) is 0. The smallest absolute Gasteiger partial charge is 0.225 e. The van der Waals surface area contributed by atoms with Crippen molar-refractivity contribution in [1.29, 1.82) is 0 Å². The van der Waals surface area contributed by atoms with E-state index in [0.717, 1.165) is 68.8 Å². The summed E-state index contributed by atoms with van der Waals surface area (Å²) in [5.41, 5.74) is 3.30. The number of hydrogen-bond donors (Lipinski definition) is 1.